The number of benzene rings is 8. The fourth-order valence-electron chi connectivity index (χ4n) is 13.8. The molecule has 1 saturated heterocycles. The van der Waals surface area contributed by atoms with Gasteiger partial charge in [-0.3, -0.25) is 14.4 Å². The molecule has 0 aromatic heterocycles. The Hall–Kier alpha value is -12.4. The van der Waals surface area contributed by atoms with E-state index in [2.05, 4.69) is 5.32 Å². The number of esters is 9. The summed E-state index contributed by atoms with van der Waals surface area (Å²) in [4.78, 5) is 155. The molecule has 8 aromatic carbocycles. The van der Waals surface area contributed by atoms with Gasteiger partial charge in [0.2, 0.25) is 11.8 Å². The summed E-state index contributed by atoms with van der Waals surface area (Å²) in [5.74, 6) is -9.90. The van der Waals surface area contributed by atoms with E-state index in [1.807, 2.05) is 0 Å². The van der Waals surface area contributed by atoms with E-state index >= 15 is 0 Å². The van der Waals surface area contributed by atoms with Crippen molar-refractivity contribution < 1.29 is 140 Å². The number of nitrogens with one attached hydrogen (secondary N) is 1. The van der Waals surface area contributed by atoms with Crippen molar-refractivity contribution in [3.8, 4) is 0 Å². The minimum Gasteiger partial charge on any atom is -0.462 e. The van der Waals surface area contributed by atoms with Crippen LogP contribution in [0.15, 0.2) is 243 Å². The molecule has 2 amide bonds. The molecule has 1 fully saturated rings. The molecule has 31 heteroatoms. The van der Waals surface area contributed by atoms with Gasteiger partial charge < -0.3 is 97.7 Å². The number of rotatable bonds is 53. The third kappa shape index (κ3) is 32.5. The molecule has 14 atom stereocenters. The molecular weight excluding hydrogens is 1650 g/mol. The van der Waals surface area contributed by atoms with Crippen molar-refractivity contribution in [2.45, 2.75) is 189 Å². The standard InChI is InChI=1S/C96H108N2O29/c1-64(100)120-83(94(113)116-57-34-5-3-2-4-31-51-78(103)97-56-33-14-32-52-79(104)98-62-74(101)61-73(98)63-99)80(123-96(115)85(127-93(112)72-49-29-13-30-50-72)82(125-91(110)70-45-25-11-26-46-70)77(122-89(108)68-41-21-9-22-42-68)55-60-118-87(106)66-37-17-7-18-38-66)75(102)53-58-119-95(114)84(126-92(111)71-47-27-12-28-48-71)81(124-90(109)69-43-23-10-24-44-69)76(121-88(107)67-39-19-8-20-40-67)54-59-117-86(105)65-35-15-6-16-36-65/h6-13,15-30,35-50,73-77,80-85,94-96,99,101-102,113-115H,2-5,14,31-34,51-63H2,1H3,(H,97,103)/t73-,74+,75?,76?,77?,80?,81?,82?,83?,84?,85?,94?,95?,96?/m0/s1. The molecule has 0 radical (unpaired) electrons. The lowest BCUT2D eigenvalue weighted by molar-refractivity contribution is -0.279. The molecule has 1 aliphatic rings. The fourth-order valence-corrected chi connectivity index (χ4v) is 13.8. The second kappa shape index (κ2) is 53.1. The van der Waals surface area contributed by atoms with Crippen molar-refractivity contribution in [1.29, 1.82) is 0 Å². The molecule has 0 aliphatic carbocycles. The molecule has 8 aromatic rings. The molecule has 676 valence electrons. The first-order valence-electron chi connectivity index (χ1n) is 42.2. The summed E-state index contributed by atoms with van der Waals surface area (Å²) in [5.41, 5.74) is -0.368. The predicted molar refractivity (Wildman–Crippen MR) is 455 cm³/mol. The highest BCUT2D eigenvalue weighted by Crippen LogP contribution is 2.31. The lowest BCUT2D eigenvalue weighted by Crippen LogP contribution is -2.56. The zero-order chi connectivity index (χ0) is 90.7. The molecule has 0 bridgehead atoms. The van der Waals surface area contributed by atoms with Crippen LogP contribution in [0.3, 0.4) is 0 Å². The molecular formula is C96H108N2O29. The lowest BCUT2D eigenvalue weighted by atomic mass is 10.0. The number of ether oxygens (including phenoxy) is 12. The van der Waals surface area contributed by atoms with E-state index in [9.17, 15) is 83.4 Å². The van der Waals surface area contributed by atoms with Gasteiger partial charge in [-0.15, -0.1) is 0 Å². The maximum absolute atomic E-state index is 14.8. The van der Waals surface area contributed by atoms with Gasteiger partial charge in [0.05, 0.1) is 89.2 Å². The van der Waals surface area contributed by atoms with Crippen LogP contribution in [-0.2, 0) is 71.2 Å². The number of hydrogen-bond acceptors (Lipinski definition) is 29. The van der Waals surface area contributed by atoms with Gasteiger partial charge in [0, 0.05) is 52.3 Å². The summed E-state index contributed by atoms with van der Waals surface area (Å²) in [6, 6.07) is 59.2. The van der Waals surface area contributed by atoms with Crippen molar-refractivity contribution in [2.75, 3.05) is 46.1 Å². The summed E-state index contributed by atoms with van der Waals surface area (Å²) in [7, 11) is 0. The second-order valence-corrected chi connectivity index (χ2v) is 29.9. The van der Waals surface area contributed by atoms with E-state index in [1.54, 1.807) is 72.8 Å². The van der Waals surface area contributed by atoms with Crippen LogP contribution in [0.5, 0.6) is 0 Å². The number of aliphatic hydroxyl groups is 6. The molecule has 31 nitrogen and oxygen atoms in total. The molecule has 1 heterocycles. The quantitative estimate of drug-likeness (QED) is 0.00806. The van der Waals surface area contributed by atoms with Crippen molar-refractivity contribution in [3.63, 3.8) is 0 Å². The number of aliphatic hydroxyl groups excluding tert-OH is 6. The van der Waals surface area contributed by atoms with Crippen LogP contribution in [0.4, 0.5) is 0 Å². The summed E-state index contributed by atoms with van der Waals surface area (Å²) >= 11 is 0. The number of likely N-dealkylation sites (tertiary alicyclic amines) is 1. The zero-order valence-corrected chi connectivity index (χ0v) is 70.3. The largest absolute Gasteiger partial charge is 0.462 e. The van der Waals surface area contributed by atoms with E-state index in [1.165, 1.54) is 175 Å². The van der Waals surface area contributed by atoms with E-state index in [4.69, 9.17) is 56.8 Å². The SMILES string of the molecule is CC(=O)OC(C(O)OCCCCCCCCC(=O)NCCCCCC(=O)N1C[C@H](O)C[C@H]1CO)C(OC(O)C(OC(=O)c1ccccc1)C(OC(=O)c1ccccc1)C(CCOC(=O)c1ccccc1)OC(=O)c1ccccc1)C(O)CCOC(O)C(OC(=O)c1ccccc1)C(OC(=O)c1ccccc1)C(CCOC(=O)c1ccccc1)OC(=O)c1ccccc1. The van der Waals surface area contributed by atoms with Gasteiger partial charge >= 0.3 is 53.7 Å². The Morgan fingerprint density at radius 2 is 0.677 bits per heavy atom. The van der Waals surface area contributed by atoms with Crippen LogP contribution in [0.25, 0.3) is 0 Å². The Morgan fingerprint density at radius 3 is 1.06 bits per heavy atom. The number of β-amino-alcohol motifs (C(OH)–C–C–N with tert-alkyl or cyclic N) is 1. The minimum absolute atomic E-state index is 0.0241. The summed E-state index contributed by atoms with van der Waals surface area (Å²) < 4.78 is 72.4. The monoisotopic (exact) mass is 1750 g/mol. The molecule has 12 unspecified atom stereocenters. The van der Waals surface area contributed by atoms with Crippen molar-refractivity contribution in [2.24, 2.45) is 0 Å². The number of unbranched alkanes of at least 4 members (excludes halogenated alkanes) is 7. The van der Waals surface area contributed by atoms with Gasteiger partial charge in [0.1, 0.15) is 18.3 Å². The first-order valence-corrected chi connectivity index (χ1v) is 42.2. The normalized spacial score (nSPS) is 15.8. The van der Waals surface area contributed by atoms with Crippen LogP contribution in [-0.4, -0.2) is 233 Å². The number of carbonyl (C=O) groups excluding carboxylic acids is 11. The summed E-state index contributed by atoms with van der Waals surface area (Å²) in [6.45, 7) is -1.07. The average Bonchev–Trinajstić information content (AvgIpc) is 1.37. The van der Waals surface area contributed by atoms with Gasteiger partial charge in [-0.1, -0.05) is 178 Å². The van der Waals surface area contributed by atoms with E-state index in [-0.39, 0.29) is 95.3 Å². The van der Waals surface area contributed by atoms with Crippen LogP contribution in [0.1, 0.15) is 186 Å². The van der Waals surface area contributed by atoms with Crippen LogP contribution >= 0.6 is 0 Å². The van der Waals surface area contributed by atoms with Gasteiger partial charge in [0.25, 0.3) is 0 Å². The van der Waals surface area contributed by atoms with E-state index < -0.39 is 179 Å². The number of amides is 2. The van der Waals surface area contributed by atoms with Crippen LogP contribution in [0.2, 0.25) is 0 Å². The summed E-state index contributed by atoms with van der Waals surface area (Å²) in [6.07, 6.45) is -23.9. The maximum Gasteiger partial charge on any atom is 0.338 e. The third-order valence-corrected chi connectivity index (χ3v) is 20.5. The minimum atomic E-state index is -2.80. The van der Waals surface area contributed by atoms with Crippen LogP contribution < -0.4 is 5.32 Å². The molecule has 0 saturated carbocycles. The molecule has 9 rings (SSSR count). The zero-order valence-electron chi connectivity index (χ0n) is 70.3. The van der Waals surface area contributed by atoms with Gasteiger partial charge in [-0.25, -0.2) is 38.4 Å². The average molecular weight is 1750 g/mol. The predicted octanol–water partition coefficient (Wildman–Crippen LogP) is 10.3. The Morgan fingerprint density at radius 1 is 0.354 bits per heavy atom. The Labute approximate surface area is 735 Å². The van der Waals surface area contributed by atoms with Gasteiger partial charge in [-0.2, -0.15) is 0 Å². The van der Waals surface area contributed by atoms with Crippen molar-refractivity contribution in [3.05, 3.63) is 287 Å². The first-order chi connectivity index (χ1) is 61.5. The molecule has 7 N–H and O–H groups in total. The van der Waals surface area contributed by atoms with Gasteiger partial charge in [0.15, 0.2) is 49.4 Å². The lowest BCUT2D eigenvalue weighted by Gasteiger charge is -2.38. The molecule has 0 spiro atoms. The van der Waals surface area contributed by atoms with Crippen LogP contribution in [0, 0.1) is 0 Å². The highest BCUT2D eigenvalue weighted by atomic mass is 16.7. The topological polar surface area (TPSA) is 435 Å². The Bertz CT molecular complexity index is 4700. The van der Waals surface area contributed by atoms with E-state index in [0.717, 1.165) is 6.92 Å². The van der Waals surface area contributed by atoms with E-state index in [0.29, 0.717) is 64.3 Å². The number of carbonyl (C=O) groups is 11. The Kier molecular flexibility index (Phi) is 41.2. The van der Waals surface area contributed by atoms with Crippen molar-refractivity contribution in [1.82, 2.24) is 10.2 Å². The molecule has 127 heavy (non-hydrogen) atoms. The maximum atomic E-state index is 14.8. The highest BCUT2D eigenvalue weighted by molar-refractivity contribution is 5.94. The smallest absolute Gasteiger partial charge is 0.338 e. The summed E-state index contributed by atoms with van der Waals surface area (Å²) in [5, 5.41) is 73.6. The van der Waals surface area contributed by atoms with Crippen molar-refractivity contribution >= 4 is 65.5 Å². The highest BCUT2D eigenvalue weighted by Gasteiger charge is 2.49. The first kappa shape index (κ1) is 98.4. The molecule has 1 aliphatic heterocycles. The van der Waals surface area contributed by atoms with Gasteiger partial charge in [-0.05, 0) is 136 Å². The third-order valence-electron chi connectivity index (χ3n) is 20.5. The fraction of sp³-hybridized carbons (Fsp3) is 0.385. The number of hydrogen-bond donors (Lipinski definition) is 7. The Balaban J connectivity index is 1.02. The second-order valence-electron chi connectivity index (χ2n) is 29.9. The number of nitrogens with zero attached hydrogens (tertiary/aromatic N) is 1.